The topological polar surface area (TPSA) is 107 Å². The summed E-state index contributed by atoms with van der Waals surface area (Å²) in [6.45, 7) is 1.74. The van der Waals surface area contributed by atoms with Gasteiger partial charge in [-0.15, -0.1) is 0 Å². The van der Waals surface area contributed by atoms with Crippen LogP contribution >= 0.6 is 0 Å². The molecule has 0 saturated heterocycles. The Hall–Kier alpha value is -3.02. The quantitative estimate of drug-likeness (QED) is 0.693. The molecule has 0 aliphatic heterocycles. The van der Waals surface area contributed by atoms with Crippen LogP contribution in [0.5, 0.6) is 11.5 Å². The first-order chi connectivity index (χ1) is 9.86. The number of carbonyl (C=O) groups excluding carboxylic acids is 1. The Labute approximate surface area is 120 Å². The van der Waals surface area contributed by atoms with Crippen LogP contribution in [-0.4, -0.2) is 27.2 Å². The summed E-state index contributed by atoms with van der Waals surface area (Å²) in [6.07, 6.45) is 0. The monoisotopic (exact) mass is 287 g/mol. The Bertz CT molecular complexity index is 704. The van der Waals surface area contributed by atoms with Crippen molar-refractivity contribution in [2.24, 2.45) is 0 Å². The number of aryl methyl sites for hydroxylation is 1. The van der Waals surface area contributed by atoms with Crippen molar-refractivity contribution in [3.05, 3.63) is 53.1 Å². The second kappa shape index (κ2) is 5.54. The highest BCUT2D eigenvalue weighted by atomic mass is 16.4. The lowest BCUT2D eigenvalue weighted by Gasteiger charge is -2.10. The number of benzene rings is 2. The van der Waals surface area contributed by atoms with Crippen LogP contribution < -0.4 is 5.32 Å². The van der Waals surface area contributed by atoms with Crippen LogP contribution in [0.25, 0.3) is 0 Å². The van der Waals surface area contributed by atoms with Gasteiger partial charge in [-0.25, -0.2) is 4.79 Å². The summed E-state index contributed by atoms with van der Waals surface area (Å²) in [4.78, 5) is 23.2. The highest BCUT2D eigenvalue weighted by Gasteiger charge is 2.14. The lowest BCUT2D eigenvalue weighted by Crippen LogP contribution is -2.14. The zero-order chi connectivity index (χ0) is 15.6. The summed E-state index contributed by atoms with van der Waals surface area (Å²) < 4.78 is 0. The molecule has 0 unspecified atom stereocenters. The molecule has 0 fully saturated rings. The van der Waals surface area contributed by atoms with E-state index >= 15 is 0 Å². The van der Waals surface area contributed by atoms with Crippen LogP contribution in [0.2, 0.25) is 0 Å². The Morgan fingerprint density at radius 2 is 1.62 bits per heavy atom. The van der Waals surface area contributed by atoms with Gasteiger partial charge in [-0.2, -0.15) is 0 Å². The van der Waals surface area contributed by atoms with E-state index in [2.05, 4.69) is 5.32 Å². The maximum atomic E-state index is 12.1. The first kappa shape index (κ1) is 14.4. The average Bonchev–Trinajstić information content (AvgIpc) is 2.39. The number of nitrogens with one attached hydrogen (secondary N) is 1. The van der Waals surface area contributed by atoms with Crippen LogP contribution in [-0.2, 0) is 0 Å². The molecular formula is C15H13NO5. The molecule has 4 N–H and O–H groups in total. The number of hydrogen-bond donors (Lipinski definition) is 4. The zero-order valence-electron chi connectivity index (χ0n) is 11.1. The van der Waals surface area contributed by atoms with E-state index in [1.165, 1.54) is 24.3 Å². The van der Waals surface area contributed by atoms with E-state index in [4.69, 9.17) is 5.11 Å². The van der Waals surface area contributed by atoms with Crippen molar-refractivity contribution < 1.29 is 24.9 Å². The van der Waals surface area contributed by atoms with Gasteiger partial charge in [0.1, 0.15) is 11.5 Å². The normalized spacial score (nSPS) is 10.1. The minimum atomic E-state index is -1.16. The van der Waals surface area contributed by atoms with Gasteiger partial charge in [-0.3, -0.25) is 4.79 Å². The van der Waals surface area contributed by atoms with Crippen molar-refractivity contribution in [3.8, 4) is 11.5 Å². The van der Waals surface area contributed by atoms with E-state index in [9.17, 15) is 19.8 Å². The summed E-state index contributed by atoms with van der Waals surface area (Å²) in [5, 5.41) is 30.3. The van der Waals surface area contributed by atoms with Crippen LogP contribution in [0.4, 0.5) is 5.69 Å². The van der Waals surface area contributed by atoms with E-state index < -0.39 is 11.9 Å². The predicted molar refractivity (Wildman–Crippen MR) is 75.9 cm³/mol. The fraction of sp³-hybridized carbons (Fsp3) is 0.0667. The number of amides is 1. The lowest BCUT2D eigenvalue weighted by molar-refractivity contribution is 0.0698. The highest BCUT2D eigenvalue weighted by molar-refractivity contribution is 6.08. The number of carbonyl (C=O) groups is 2. The number of phenols is 2. The first-order valence-corrected chi connectivity index (χ1v) is 6.05. The molecule has 0 bridgehead atoms. The molecule has 0 saturated carbocycles. The molecule has 1 amide bonds. The fourth-order valence-corrected chi connectivity index (χ4v) is 1.86. The van der Waals surface area contributed by atoms with Crippen molar-refractivity contribution in [3.63, 3.8) is 0 Å². The number of aromatic carboxylic acids is 1. The van der Waals surface area contributed by atoms with Gasteiger partial charge in [0.2, 0.25) is 0 Å². The van der Waals surface area contributed by atoms with E-state index in [-0.39, 0.29) is 28.3 Å². The Balaban J connectivity index is 2.33. The van der Waals surface area contributed by atoms with Gasteiger partial charge in [-0.1, -0.05) is 11.6 Å². The highest BCUT2D eigenvalue weighted by Crippen LogP contribution is 2.23. The van der Waals surface area contributed by atoms with Crippen LogP contribution in [0.15, 0.2) is 36.4 Å². The predicted octanol–water partition coefficient (Wildman–Crippen LogP) is 2.36. The minimum absolute atomic E-state index is 0.0180. The Morgan fingerprint density at radius 1 is 1.00 bits per heavy atom. The third-order valence-corrected chi connectivity index (χ3v) is 2.82. The van der Waals surface area contributed by atoms with E-state index in [0.717, 1.165) is 11.6 Å². The summed E-state index contributed by atoms with van der Waals surface area (Å²) in [7, 11) is 0. The molecule has 0 aromatic heterocycles. The largest absolute Gasteiger partial charge is 0.508 e. The van der Waals surface area contributed by atoms with Gasteiger partial charge < -0.3 is 20.6 Å². The lowest BCUT2D eigenvalue weighted by atomic mass is 10.1. The minimum Gasteiger partial charge on any atom is -0.508 e. The second-order valence-corrected chi connectivity index (χ2v) is 4.55. The summed E-state index contributed by atoms with van der Waals surface area (Å²) >= 11 is 0. The molecule has 2 aromatic rings. The molecule has 0 aliphatic rings. The van der Waals surface area contributed by atoms with E-state index in [1.807, 2.05) is 0 Å². The van der Waals surface area contributed by atoms with Crippen molar-refractivity contribution in [2.75, 3.05) is 5.32 Å². The zero-order valence-corrected chi connectivity index (χ0v) is 11.1. The van der Waals surface area contributed by atoms with Crippen molar-refractivity contribution >= 4 is 17.6 Å². The van der Waals surface area contributed by atoms with Gasteiger partial charge in [0.25, 0.3) is 5.91 Å². The van der Waals surface area contributed by atoms with E-state index in [0.29, 0.717) is 0 Å². The molecule has 6 nitrogen and oxygen atoms in total. The smallest absolute Gasteiger partial charge is 0.337 e. The number of carboxylic acid groups (broad SMARTS) is 1. The third-order valence-electron chi connectivity index (χ3n) is 2.82. The average molecular weight is 287 g/mol. The van der Waals surface area contributed by atoms with Gasteiger partial charge in [0, 0.05) is 11.6 Å². The first-order valence-electron chi connectivity index (χ1n) is 6.05. The Morgan fingerprint density at radius 3 is 2.19 bits per heavy atom. The second-order valence-electron chi connectivity index (χ2n) is 4.55. The molecule has 2 aromatic carbocycles. The van der Waals surface area contributed by atoms with Crippen LogP contribution in [0, 0.1) is 6.92 Å². The number of rotatable bonds is 3. The molecular weight excluding hydrogens is 274 g/mol. The Kier molecular flexibility index (Phi) is 3.80. The number of hydrogen-bond acceptors (Lipinski definition) is 4. The number of anilines is 1. The molecule has 0 heterocycles. The maximum Gasteiger partial charge on any atom is 0.337 e. The molecule has 0 spiro atoms. The number of aromatic hydroxyl groups is 2. The molecule has 21 heavy (non-hydrogen) atoms. The molecule has 2 rings (SSSR count). The van der Waals surface area contributed by atoms with Crippen LogP contribution in [0.3, 0.4) is 0 Å². The molecule has 6 heteroatoms. The van der Waals surface area contributed by atoms with Gasteiger partial charge in [0.05, 0.1) is 11.3 Å². The van der Waals surface area contributed by atoms with Gasteiger partial charge in [-0.05, 0) is 31.2 Å². The van der Waals surface area contributed by atoms with Gasteiger partial charge >= 0.3 is 5.97 Å². The van der Waals surface area contributed by atoms with E-state index in [1.54, 1.807) is 13.0 Å². The summed E-state index contributed by atoms with van der Waals surface area (Å²) in [5.41, 5.74) is 0.874. The fourth-order valence-electron chi connectivity index (χ4n) is 1.86. The molecule has 108 valence electrons. The standard InChI is InChI=1S/C15H13NO5/c1-8-2-3-13(12(4-8)15(20)21)16-14(19)9-5-10(17)7-11(18)6-9/h2-7,17-18H,1H3,(H,16,19)(H,20,21). The van der Waals surface area contributed by atoms with Crippen molar-refractivity contribution in [1.82, 2.24) is 0 Å². The van der Waals surface area contributed by atoms with Crippen molar-refractivity contribution in [2.45, 2.75) is 6.92 Å². The molecule has 0 aliphatic carbocycles. The summed E-state index contributed by atoms with van der Waals surface area (Å²) in [5.74, 6) is -2.31. The maximum absolute atomic E-state index is 12.1. The third kappa shape index (κ3) is 3.30. The SMILES string of the molecule is Cc1ccc(NC(=O)c2cc(O)cc(O)c2)c(C(=O)O)c1. The van der Waals surface area contributed by atoms with Crippen molar-refractivity contribution in [1.29, 1.82) is 0 Å². The van der Waals surface area contributed by atoms with Gasteiger partial charge in [0.15, 0.2) is 0 Å². The number of phenolic OH excluding ortho intramolecular Hbond substituents is 2. The van der Waals surface area contributed by atoms with Crippen LogP contribution in [0.1, 0.15) is 26.3 Å². The molecule has 0 atom stereocenters. The molecule has 0 radical (unpaired) electrons. The summed E-state index contributed by atoms with van der Waals surface area (Å²) in [6, 6.07) is 8.03. The number of carboxylic acids is 1.